The molecule has 1 heterocycles. The van der Waals surface area contributed by atoms with Gasteiger partial charge in [0, 0.05) is 5.69 Å². The Morgan fingerprint density at radius 3 is 2.47 bits per heavy atom. The number of hydrogen-bond donors (Lipinski definition) is 1. The van der Waals surface area contributed by atoms with Crippen LogP contribution in [0, 0.1) is 13.8 Å². The van der Waals surface area contributed by atoms with Gasteiger partial charge in [-0.05, 0) is 31.1 Å². The number of aryl methyl sites for hydroxylation is 2. The van der Waals surface area contributed by atoms with E-state index < -0.39 is 0 Å². The first kappa shape index (κ1) is 9.77. The predicted octanol–water partition coefficient (Wildman–Crippen LogP) is 2.16. The third-order valence-corrected chi connectivity index (χ3v) is 2.46. The van der Waals surface area contributed by atoms with Gasteiger partial charge < -0.3 is 10.1 Å². The smallest absolute Gasteiger partial charge is 0.354 e. The molecular weight excluding hydrogens is 190 g/mol. The van der Waals surface area contributed by atoms with Gasteiger partial charge in [-0.3, -0.25) is 0 Å². The molecule has 0 unspecified atom stereocenters. The number of para-hydroxylation sites is 1. The highest BCUT2D eigenvalue weighted by Crippen LogP contribution is 2.22. The molecule has 0 radical (unpaired) electrons. The van der Waals surface area contributed by atoms with E-state index in [4.69, 9.17) is 4.74 Å². The van der Waals surface area contributed by atoms with Crippen molar-refractivity contribution in [3.05, 3.63) is 41.1 Å². The van der Waals surface area contributed by atoms with Crippen LogP contribution in [-0.2, 0) is 9.53 Å². The Bertz CT molecular complexity index is 415. The molecule has 0 bridgehead atoms. The summed E-state index contributed by atoms with van der Waals surface area (Å²) in [4.78, 5) is 11.2. The fraction of sp³-hybridized carbons (Fsp3) is 0.250. The van der Waals surface area contributed by atoms with E-state index in [2.05, 4.69) is 5.32 Å². The summed E-state index contributed by atoms with van der Waals surface area (Å²) in [7, 11) is 0. The summed E-state index contributed by atoms with van der Waals surface area (Å²) < 4.78 is 4.82. The lowest BCUT2D eigenvalue weighted by Crippen LogP contribution is -2.09. The highest BCUT2D eigenvalue weighted by molar-refractivity contribution is 5.94. The van der Waals surface area contributed by atoms with E-state index in [1.165, 1.54) is 0 Å². The summed E-state index contributed by atoms with van der Waals surface area (Å²) in [6.07, 6.45) is 1.76. The first-order chi connectivity index (χ1) is 7.18. The molecule has 0 atom stereocenters. The van der Waals surface area contributed by atoms with Gasteiger partial charge in [0.1, 0.15) is 12.3 Å². The van der Waals surface area contributed by atoms with Crippen molar-refractivity contribution >= 4 is 11.7 Å². The molecule has 0 amide bonds. The van der Waals surface area contributed by atoms with Gasteiger partial charge in [0.15, 0.2) is 0 Å². The van der Waals surface area contributed by atoms with Crippen LogP contribution in [0.25, 0.3) is 0 Å². The first-order valence-electron chi connectivity index (χ1n) is 4.89. The second-order valence-corrected chi connectivity index (χ2v) is 3.61. The average Bonchev–Trinajstić information content (AvgIpc) is 2.58. The van der Waals surface area contributed by atoms with Gasteiger partial charge in [-0.2, -0.15) is 0 Å². The Morgan fingerprint density at radius 1 is 1.27 bits per heavy atom. The molecule has 0 spiro atoms. The van der Waals surface area contributed by atoms with E-state index in [1.54, 1.807) is 6.08 Å². The molecule has 1 aromatic rings. The molecule has 15 heavy (non-hydrogen) atoms. The summed E-state index contributed by atoms with van der Waals surface area (Å²) in [5.74, 6) is -0.280. The van der Waals surface area contributed by atoms with Crippen LogP contribution in [-0.4, -0.2) is 12.6 Å². The van der Waals surface area contributed by atoms with Gasteiger partial charge in [-0.25, -0.2) is 4.79 Å². The minimum Gasteiger partial charge on any atom is -0.457 e. The maximum absolute atomic E-state index is 11.2. The van der Waals surface area contributed by atoms with Crippen molar-refractivity contribution in [3.63, 3.8) is 0 Å². The minimum absolute atomic E-state index is 0.280. The number of ether oxygens (including phenoxy) is 1. The number of esters is 1. The Balaban J connectivity index is 2.28. The lowest BCUT2D eigenvalue weighted by Gasteiger charge is -2.11. The zero-order valence-corrected chi connectivity index (χ0v) is 8.83. The molecular formula is C12H13NO2. The number of carbonyl (C=O) groups excluding carboxylic acids is 1. The normalized spacial score (nSPS) is 14.8. The summed E-state index contributed by atoms with van der Waals surface area (Å²) in [6, 6.07) is 6.02. The fourth-order valence-corrected chi connectivity index (χ4v) is 1.61. The van der Waals surface area contributed by atoms with Crippen molar-refractivity contribution in [2.75, 3.05) is 11.9 Å². The molecule has 0 aliphatic carbocycles. The molecule has 3 heteroatoms. The zero-order chi connectivity index (χ0) is 10.8. The Hall–Kier alpha value is -1.77. The number of carbonyl (C=O) groups is 1. The fourth-order valence-electron chi connectivity index (χ4n) is 1.61. The third-order valence-electron chi connectivity index (χ3n) is 2.46. The van der Waals surface area contributed by atoms with Gasteiger partial charge in [-0.15, -0.1) is 0 Å². The number of rotatable bonds is 2. The van der Waals surface area contributed by atoms with Crippen molar-refractivity contribution in [1.82, 2.24) is 0 Å². The first-order valence-corrected chi connectivity index (χ1v) is 4.89. The number of cyclic esters (lactones) is 1. The van der Waals surface area contributed by atoms with Crippen LogP contribution < -0.4 is 5.32 Å². The van der Waals surface area contributed by atoms with E-state index >= 15 is 0 Å². The number of hydrogen-bond acceptors (Lipinski definition) is 3. The van der Waals surface area contributed by atoms with Gasteiger partial charge in [0.05, 0.1) is 0 Å². The van der Waals surface area contributed by atoms with E-state index in [1.807, 2.05) is 32.0 Å². The second kappa shape index (κ2) is 3.77. The van der Waals surface area contributed by atoms with Crippen molar-refractivity contribution in [1.29, 1.82) is 0 Å². The van der Waals surface area contributed by atoms with Crippen LogP contribution in [0.5, 0.6) is 0 Å². The Labute approximate surface area is 88.8 Å². The SMILES string of the molecule is Cc1cccc(C)c1NC1=CCOC1=O. The highest BCUT2D eigenvalue weighted by Gasteiger charge is 2.17. The molecule has 0 saturated carbocycles. The van der Waals surface area contributed by atoms with Crippen LogP contribution in [0.3, 0.4) is 0 Å². The summed E-state index contributed by atoms with van der Waals surface area (Å²) in [5.41, 5.74) is 3.77. The summed E-state index contributed by atoms with van der Waals surface area (Å²) in [6.45, 7) is 4.39. The van der Waals surface area contributed by atoms with Gasteiger partial charge >= 0.3 is 5.97 Å². The molecule has 1 aliphatic rings. The second-order valence-electron chi connectivity index (χ2n) is 3.61. The lowest BCUT2D eigenvalue weighted by atomic mass is 10.1. The maximum Gasteiger partial charge on any atom is 0.354 e. The van der Waals surface area contributed by atoms with Crippen molar-refractivity contribution in [2.24, 2.45) is 0 Å². The maximum atomic E-state index is 11.2. The summed E-state index contributed by atoms with van der Waals surface area (Å²) >= 11 is 0. The number of nitrogens with one attached hydrogen (secondary N) is 1. The van der Waals surface area contributed by atoms with E-state index in [9.17, 15) is 4.79 Å². The number of benzene rings is 1. The molecule has 78 valence electrons. The van der Waals surface area contributed by atoms with E-state index in [0.717, 1.165) is 16.8 Å². The average molecular weight is 203 g/mol. The van der Waals surface area contributed by atoms with E-state index in [0.29, 0.717) is 12.3 Å². The van der Waals surface area contributed by atoms with Crippen LogP contribution in [0.2, 0.25) is 0 Å². The number of anilines is 1. The highest BCUT2D eigenvalue weighted by atomic mass is 16.5. The molecule has 1 aliphatic heterocycles. The van der Waals surface area contributed by atoms with Gasteiger partial charge in [0.25, 0.3) is 0 Å². The van der Waals surface area contributed by atoms with Crippen molar-refractivity contribution in [3.8, 4) is 0 Å². The van der Waals surface area contributed by atoms with Gasteiger partial charge in [-0.1, -0.05) is 18.2 Å². The monoisotopic (exact) mass is 203 g/mol. The Kier molecular flexibility index (Phi) is 2.46. The van der Waals surface area contributed by atoms with Crippen LogP contribution >= 0.6 is 0 Å². The van der Waals surface area contributed by atoms with E-state index in [-0.39, 0.29) is 5.97 Å². The summed E-state index contributed by atoms with van der Waals surface area (Å²) in [5, 5.41) is 3.11. The molecule has 3 nitrogen and oxygen atoms in total. The topological polar surface area (TPSA) is 38.3 Å². The Morgan fingerprint density at radius 2 is 1.93 bits per heavy atom. The van der Waals surface area contributed by atoms with Crippen LogP contribution in [0.4, 0.5) is 5.69 Å². The lowest BCUT2D eigenvalue weighted by molar-refractivity contribution is -0.135. The molecule has 2 rings (SSSR count). The van der Waals surface area contributed by atoms with Crippen LogP contribution in [0.15, 0.2) is 30.0 Å². The quantitative estimate of drug-likeness (QED) is 0.748. The predicted molar refractivity (Wildman–Crippen MR) is 58.6 cm³/mol. The zero-order valence-electron chi connectivity index (χ0n) is 8.83. The minimum atomic E-state index is -0.280. The molecule has 1 aromatic carbocycles. The van der Waals surface area contributed by atoms with Gasteiger partial charge in [0.2, 0.25) is 0 Å². The molecule has 1 N–H and O–H groups in total. The third kappa shape index (κ3) is 1.86. The molecule has 0 aromatic heterocycles. The molecule has 0 fully saturated rings. The van der Waals surface area contributed by atoms with Crippen molar-refractivity contribution < 1.29 is 9.53 Å². The standard InChI is InChI=1S/C12H13NO2/c1-8-4-3-5-9(2)11(8)13-10-6-7-15-12(10)14/h3-6,13H,7H2,1-2H3. The van der Waals surface area contributed by atoms with Crippen LogP contribution in [0.1, 0.15) is 11.1 Å². The largest absolute Gasteiger partial charge is 0.457 e. The molecule has 0 saturated heterocycles. The van der Waals surface area contributed by atoms with Crippen molar-refractivity contribution in [2.45, 2.75) is 13.8 Å².